The number of nitrogens with zero attached hydrogens (tertiary/aromatic N) is 2. The number of rotatable bonds is 4. The number of aromatic nitrogens is 1. The van der Waals surface area contributed by atoms with Crippen molar-refractivity contribution < 1.29 is 0 Å². The fraction of sp³-hybridized carbons (Fsp3) is 0.0435. The maximum Gasteiger partial charge on any atom is 0.0689 e. The van der Waals surface area contributed by atoms with E-state index in [1.165, 1.54) is 85.8 Å². The molecule has 3 heterocycles. The Labute approximate surface area is 298 Å². The number of hydrogen-bond donors (Lipinski definition) is 0. The molecule has 236 valence electrons. The van der Waals surface area contributed by atoms with Crippen LogP contribution in [0, 0.1) is 0 Å². The number of allylic oxidation sites excluding steroid dienone is 2. The van der Waals surface area contributed by atoms with Crippen LogP contribution in [0.3, 0.4) is 0 Å². The van der Waals surface area contributed by atoms with E-state index >= 15 is 0 Å². The topological polar surface area (TPSA) is 8.17 Å². The van der Waals surface area contributed by atoms with Gasteiger partial charge in [-0.15, -0.1) is 23.1 Å². The van der Waals surface area contributed by atoms with Gasteiger partial charge in [-0.2, -0.15) is 0 Å². The molecule has 1 aliphatic heterocycles. The van der Waals surface area contributed by atoms with Gasteiger partial charge in [-0.25, -0.2) is 0 Å². The second-order valence-corrected chi connectivity index (χ2v) is 15.4. The molecule has 0 spiro atoms. The normalized spacial score (nSPS) is 16.8. The summed E-state index contributed by atoms with van der Waals surface area (Å²) in [5, 5.41) is 7.96. The van der Waals surface area contributed by atoms with Crippen LogP contribution >= 0.6 is 23.1 Å². The van der Waals surface area contributed by atoms with Crippen LogP contribution in [-0.4, -0.2) is 15.9 Å². The first-order valence-electron chi connectivity index (χ1n) is 17.2. The number of thioether (sulfide) groups is 1. The molecule has 1 aliphatic carbocycles. The predicted octanol–water partition coefficient (Wildman–Crippen LogP) is 12.9. The zero-order chi connectivity index (χ0) is 32.8. The van der Waals surface area contributed by atoms with E-state index in [2.05, 4.69) is 179 Å². The maximum atomic E-state index is 2.63. The number of thiophene rings is 1. The molecule has 2 atom stereocenters. The zero-order valence-corrected chi connectivity index (χ0v) is 28.7. The van der Waals surface area contributed by atoms with Gasteiger partial charge in [0.2, 0.25) is 0 Å². The van der Waals surface area contributed by atoms with Crippen LogP contribution in [0.25, 0.3) is 64.0 Å². The van der Waals surface area contributed by atoms with Crippen molar-refractivity contribution >= 4 is 92.8 Å². The summed E-state index contributed by atoms with van der Waals surface area (Å²) < 4.78 is 5.13. The van der Waals surface area contributed by atoms with Crippen molar-refractivity contribution in [3.8, 4) is 5.69 Å². The fourth-order valence-electron chi connectivity index (χ4n) is 8.35. The minimum Gasteiger partial charge on any atom is -0.332 e. The molecule has 2 nitrogen and oxygen atoms in total. The fourth-order valence-corrected chi connectivity index (χ4v) is 11.0. The Kier molecular flexibility index (Phi) is 6.21. The second-order valence-electron chi connectivity index (χ2n) is 13.2. The number of anilines is 2. The Morgan fingerprint density at radius 3 is 2.32 bits per heavy atom. The van der Waals surface area contributed by atoms with Gasteiger partial charge in [0.05, 0.1) is 32.7 Å². The average molecular weight is 675 g/mol. The van der Waals surface area contributed by atoms with E-state index in [1.807, 2.05) is 23.1 Å². The molecular formula is C46H30N2S2. The summed E-state index contributed by atoms with van der Waals surface area (Å²) in [6.45, 7) is 0. The van der Waals surface area contributed by atoms with Crippen molar-refractivity contribution in [1.82, 2.24) is 4.57 Å². The Morgan fingerprint density at radius 1 is 0.600 bits per heavy atom. The molecule has 0 fully saturated rings. The summed E-state index contributed by atoms with van der Waals surface area (Å²) in [6.07, 6.45) is 7.03. The molecule has 2 aromatic heterocycles. The zero-order valence-electron chi connectivity index (χ0n) is 27.0. The summed E-state index contributed by atoms with van der Waals surface area (Å²) in [5.41, 5.74) is 8.86. The van der Waals surface area contributed by atoms with Crippen LogP contribution in [-0.2, 0) is 0 Å². The molecule has 0 saturated heterocycles. The minimum atomic E-state index is 0.107. The molecule has 0 N–H and O–H groups in total. The Morgan fingerprint density at radius 2 is 1.38 bits per heavy atom. The van der Waals surface area contributed by atoms with Gasteiger partial charge >= 0.3 is 0 Å². The van der Waals surface area contributed by atoms with Crippen LogP contribution in [0.5, 0.6) is 0 Å². The molecular weight excluding hydrogens is 645 g/mol. The standard InChI is InChI=1S/C46H30N2S2/c1-2-13-30(14-3-1)48-41-28-31(25-27-33(41)36-26-24-29-12-4-5-15-32(29)44(36)48)47(39-20-10-18-37-34-16-6-8-22-42(34)49-45(37)39)40-21-11-19-38-35-17-7-9-23-43(35)50-46(38)40/h1-28,39,45H. The highest BCUT2D eigenvalue weighted by Gasteiger charge is 2.38. The van der Waals surface area contributed by atoms with E-state index in [9.17, 15) is 0 Å². The molecule has 4 heteroatoms. The van der Waals surface area contributed by atoms with E-state index in [-0.39, 0.29) is 11.3 Å². The number of hydrogen-bond acceptors (Lipinski definition) is 3. The van der Waals surface area contributed by atoms with Gasteiger partial charge in [0.1, 0.15) is 0 Å². The maximum absolute atomic E-state index is 2.63. The highest BCUT2D eigenvalue weighted by Crippen LogP contribution is 2.52. The lowest BCUT2D eigenvalue weighted by atomic mass is 9.92. The van der Waals surface area contributed by atoms with Gasteiger partial charge < -0.3 is 9.47 Å². The average Bonchev–Trinajstić information content (AvgIpc) is 3.86. The van der Waals surface area contributed by atoms with Gasteiger partial charge in [-0.1, -0.05) is 127 Å². The highest BCUT2D eigenvalue weighted by molar-refractivity contribution is 8.01. The van der Waals surface area contributed by atoms with E-state index in [0.29, 0.717) is 0 Å². The molecule has 2 unspecified atom stereocenters. The van der Waals surface area contributed by atoms with Gasteiger partial charge in [-0.3, -0.25) is 0 Å². The van der Waals surface area contributed by atoms with E-state index in [4.69, 9.17) is 0 Å². The smallest absolute Gasteiger partial charge is 0.0689 e. The summed E-state index contributed by atoms with van der Waals surface area (Å²) in [5.74, 6) is 0. The van der Waals surface area contributed by atoms with Crippen molar-refractivity contribution in [2.75, 3.05) is 4.90 Å². The highest BCUT2D eigenvalue weighted by atomic mass is 32.2. The molecule has 11 rings (SSSR count). The van der Waals surface area contributed by atoms with Gasteiger partial charge in [0, 0.05) is 47.9 Å². The lowest BCUT2D eigenvalue weighted by Gasteiger charge is -2.37. The first-order chi connectivity index (χ1) is 24.8. The second kappa shape index (κ2) is 11.0. The van der Waals surface area contributed by atoms with Crippen LogP contribution in [0.1, 0.15) is 5.56 Å². The summed E-state index contributed by atoms with van der Waals surface area (Å²) in [7, 11) is 0. The summed E-state index contributed by atoms with van der Waals surface area (Å²) >= 11 is 3.91. The van der Waals surface area contributed by atoms with E-state index < -0.39 is 0 Å². The molecule has 0 radical (unpaired) electrons. The molecule has 0 bridgehead atoms. The third kappa shape index (κ3) is 4.10. The predicted molar refractivity (Wildman–Crippen MR) is 217 cm³/mol. The molecule has 7 aromatic carbocycles. The largest absolute Gasteiger partial charge is 0.332 e. The summed E-state index contributed by atoms with van der Waals surface area (Å²) in [6, 6.07) is 56.1. The molecule has 50 heavy (non-hydrogen) atoms. The lowest BCUT2D eigenvalue weighted by molar-refractivity contribution is 0.816. The molecule has 0 amide bonds. The van der Waals surface area contributed by atoms with Gasteiger partial charge in [0.25, 0.3) is 0 Å². The SMILES string of the molecule is C1=CC(N(c2ccc3c4ccc5ccccc5c4n(-c4ccccc4)c3c2)c2cccc3c2sc2ccccc23)C2Sc3ccccc3C2=C1. The minimum absolute atomic E-state index is 0.107. The van der Waals surface area contributed by atoms with E-state index in [0.717, 1.165) is 0 Å². The van der Waals surface area contributed by atoms with Gasteiger partial charge in [-0.05, 0) is 59.0 Å². The van der Waals surface area contributed by atoms with Crippen molar-refractivity contribution in [1.29, 1.82) is 0 Å². The third-order valence-corrected chi connectivity index (χ3v) is 13.1. The Hall–Kier alpha value is -5.55. The number of para-hydroxylation sites is 1. The monoisotopic (exact) mass is 674 g/mol. The van der Waals surface area contributed by atoms with Gasteiger partial charge in [0.15, 0.2) is 0 Å². The lowest BCUT2D eigenvalue weighted by Crippen LogP contribution is -2.38. The molecule has 9 aromatic rings. The number of fused-ring (bicyclic) bond motifs is 11. The van der Waals surface area contributed by atoms with Crippen LogP contribution in [0.2, 0.25) is 0 Å². The van der Waals surface area contributed by atoms with Crippen LogP contribution < -0.4 is 4.90 Å². The Balaban J connectivity index is 1.20. The number of benzene rings is 7. The first kappa shape index (κ1) is 28.3. The quantitative estimate of drug-likeness (QED) is 0.184. The van der Waals surface area contributed by atoms with Crippen molar-refractivity contribution in [3.05, 3.63) is 175 Å². The summed E-state index contributed by atoms with van der Waals surface area (Å²) in [4.78, 5) is 4.00. The third-order valence-electron chi connectivity index (χ3n) is 10.5. The van der Waals surface area contributed by atoms with Crippen molar-refractivity contribution in [2.24, 2.45) is 0 Å². The molecule has 2 aliphatic rings. The Bertz CT molecular complexity index is 2870. The molecule has 0 saturated carbocycles. The first-order valence-corrected chi connectivity index (χ1v) is 18.9. The van der Waals surface area contributed by atoms with Crippen LogP contribution in [0.4, 0.5) is 11.4 Å². The van der Waals surface area contributed by atoms with Crippen molar-refractivity contribution in [2.45, 2.75) is 16.2 Å². The van der Waals surface area contributed by atoms with E-state index in [1.54, 1.807) is 0 Å². The van der Waals surface area contributed by atoms with Crippen molar-refractivity contribution in [3.63, 3.8) is 0 Å². The van der Waals surface area contributed by atoms with Crippen LogP contribution in [0.15, 0.2) is 175 Å².